The van der Waals surface area contributed by atoms with Gasteiger partial charge in [0.05, 0.1) is 5.39 Å². The number of aromatic nitrogens is 2. The summed E-state index contributed by atoms with van der Waals surface area (Å²) >= 11 is 0. The van der Waals surface area contributed by atoms with E-state index in [0.717, 1.165) is 29.7 Å². The average molecular weight is 323 g/mol. The summed E-state index contributed by atoms with van der Waals surface area (Å²) in [6.45, 7) is 3.14. The highest BCUT2D eigenvalue weighted by atomic mass is 14.9. The van der Waals surface area contributed by atoms with Crippen LogP contribution < -0.4 is 4.57 Å². The van der Waals surface area contributed by atoms with Crippen molar-refractivity contribution in [1.29, 1.82) is 0 Å². The van der Waals surface area contributed by atoms with Crippen LogP contribution in [0.5, 0.6) is 0 Å². The monoisotopic (exact) mass is 323 g/mol. The van der Waals surface area contributed by atoms with Crippen molar-refractivity contribution in [2.45, 2.75) is 19.9 Å². The minimum absolute atomic E-state index is 0.828. The van der Waals surface area contributed by atoms with Crippen molar-refractivity contribution in [2.75, 3.05) is 0 Å². The highest BCUT2D eigenvalue weighted by molar-refractivity contribution is 5.88. The van der Waals surface area contributed by atoms with Crippen LogP contribution in [0, 0.1) is 11.8 Å². The quantitative estimate of drug-likeness (QED) is 0.392. The maximum Gasteiger partial charge on any atom is 0.265 e. The van der Waals surface area contributed by atoms with E-state index < -0.39 is 0 Å². The van der Waals surface area contributed by atoms with Gasteiger partial charge in [-0.05, 0) is 28.8 Å². The van der Waals surface area contributed by atoms with Gasteiger partial charge in [0.2, 0.25) is 0 Å². The summed E-state index contributed by atoms with van der Waals surface area (Å²) in [4.78, 5) is 4.49. The Hall–Kier alpha value is -3.18. The lowest BCUT2D eigenvalue weighted by atomic mass is 10.1. The second-order valence-corrected chi connectivity index (χ2v) is 6.08. The summed E-state index contributed by atoms with van der Waals surface area (Å²) in [5, 5.41) is 4.66. The van der Waals surface area contributed by atoms with Crippen LogP contribution in [0.4, 0.5) is 0 Å². The largest absolute Gasteiger partial charge is 0.265 e. The van der Waals surface area contributed by atoms with Gasteiger partial charge in [-0.2, -0.15) is 4.57 Å². The minimum Gasteiger partial charge on any atom is -0.247 e. The molecule has 25 heavy (non-hydrogen) atoms. The normalized spacial score (nSPS) is 10.6. The molecule has 0 saturated carbocycles. The third kappa shape index (κ3) is 2.97. The molecule has 0 saturated heterocycles. The molecule has 0 fully saturated rings. The first kappa shape index (κ1) is 15.4. The summed E-state index contributed by atoms with van der Waals surface area (Å²) < 4.78 is 2.24. The molecule has 0 unspecified atom stereocenters. The number of rotatable bonds is 2. The van der Waals surface area contributed by atoms with Crippen LogP contribution in [0.25, 0.3) is 21.5 Å². The van der Waals surface area contributed by atoms with Crippen molar-refractivity contribution in [3.05, 3.63) is 84.4 Å². The lowest BCUT2D eigenvalue weighted by Crippen LogP contribution is -2.36. The maximum atomic E-state index is 4.49. The third-order valence-electron chi connectivity index (χ3n) is 4.37. The zero-order valence-electron chi connectivity index (χ0n) is 14.2. The number of hydrogen-bond acceptors (Lipinski definition) is 1. The number of pyridine rings is 2. The summed E-state index contributed by atoms with van der Waals surface area (Å²) in [5.41, 5.74) is 1.88. The van der Waals surface area contributed by atoms with E-state index in [9.17, 15) is 0 Å². The average Bonchev–Trinajstić information content (AvgIpc) is 2.67. The molecule has 0 N–H and O–H groups in total. The van der Waals surface area contributed by atoms with Gasteiger partial charge < -0.3 is 0 Å². The summed E-state index contributed by atoms with van der Waals surface area (Å²) in [7, 11) is 0. The van der Waals surface area contributed by atoms with Crippen LogP contribution in [0.15, 0.2) is 73.1 Å². The number of benzene rings is 2. The molecule has 0 aliphatic rings. The van der Waals surface area contributed by atoms with Gasteiger partial charge in [-0.1, -0.05) is 49.4 Å². The lowest BCUT2D eigenvalue weighted by molar-refractivity contribution is -0.697. The van der Waals surface area contributed by atoms with Gasteiger partial charge in [0.15, 0.2) is 6.20 Å². The zero-order chi connectivity index (χ0) is 17.1. The van der Waals surface area contributed by atoms with Gasteiger partial charge in [-0.25, -0.2) is 4.98 Å². The molecule has 4 rings (SSSR count). The van der Waals surface area contributed by atoms with Crippen LogP contribution in [0.3, 0.4) is 0 Å². The van der Waals surface area contributed by atoms with Crippen molar-refractivity contribution in [3.8, 4) is 11.8 Å². The zero-order valence-corrected chi connectivity index (χ0v) is 14.2. The third-order valence-corrected chi connectivity index (χ3v) is 4.37. The Labute approximate surface area is 147 Å². The molecule has 2 aromatic carbocycles. The molecule has 0 bridgehead atoms. The lowest BCUT2D eigenvalue weighted by Gasteiger charge is -2.02. The number of aryl methyl sites for hydroxylation is 1. The minimum atomic E-state index is 0.828. The maximum absolute atomic E-state index is 4.49. The molecule has 0 aliphatic heterocycles. The van der Waals surface area contributed by atoms with Crippen molar-refractivity contribution in [2.24, 2.45) is 0 Å². The molecule has 0 radical (unpaired) electrons. The SMILES string of the molecule is CCC[n+]1ccc2ccccc2c1C#Cc1nccc2ccccc12. The molecule has 2 heterocycles. The Morgan fingerprint density at radius 1 is 0.840 bits per heavy atom. The predicted octanol–water partition coefficient (Wildman–Crippen LogP) is 4.49. The van der Waals surface area contributed by atoms with E-state index in [1.807, 2.05) is 24.4 Å². The van der Waals surface area contributed by atoms with E-state index in [1.165, 1.54) is 16.2 Å². The van der Waals surface area contributed by atoms with E-state index in [-0.39, 0.29) is 0 Å². The van der Waals surface area contributed by atoms with Crippen molar-refractivity contribution < 1.29 is 4.57 Å². The van der Waals surface area contributed by atoms with E-state index in [2.05, 4.69) is 77.0 Å². The molecule has 2 nitrogen and oxygen atoms in total. The Morgan fingerprint density at radius 2 is 1.56 bits per heavy atom. The second-order valence-electron chi connectivity index (χ2n) is 6.08. The standard InChI is InChI=1S/C23H19N2/c1-2-16-25-17-14-19-8-4-6-10-21(19)23(25)12-11-22-20-9-5-3-7-18(20)13-15-24-22/h3-10,13-15,17H,2,16H2,1H3/q+1. The number of nitrogens with zero attached hydrogens (tertiary/aromatic N) is 2. The van der Waals surface area contributed by atoms with Gasteiger partial charge in [0.25, 0.3) is 5.69 Å². The van der Waals surface area contributed by atoms with Gasteiger partial charge in [-0.15, -0.1) is 0 Å². The van der Waals surface area contributed by atoms with Crippen molar-refractivity contribution in [3.63, 3.8) is 0 Å². The Morgan fingerprint density at radius 3 is 2.36 bits per heavy atom. The van der Waals surface area contributed by atoms with Gasteiger partial charge in [0, 0.05) is 30.0 Å². The first-order valence-corrected chi connectivity index (χ1v) is 8.64. The molecular formula is C23H19N2+. The van der Waals surface area contributed by atoms with Gasteiger partial charge in [-0.3, -0.25) is 0 Å². The van der Waals surface area contributed by atoms with Gasteiger partial charge in [0.1, 0.15) is 12.2 Å². The highest BCUT2D eigenvalue weighted by Crippen LogP contribution is 2.17. The fourth-order valence-corrected chi connectivity index (χ4v) is 3.16. The molecule has 120 valence electrons. The molecule has 2 aromatic heterocycles. The molecule has 0 aliphatic carbocycles. The fourth-order valence-electron chi connectivity index (χ4n) is 3.16. The topological polar surface area (TPSA) is 16.8 Å². The molecule has 2 heteroatoms. The fraction of sp³-hybridized carbons (Fsp3) is 0.130. The summed E-state index contributed by atoms with van der Waals surface area (Å²) in [5.74, 6) is 6.71. The molecule has 4 aromatic rings. The van der Waals surface area contributed by atoms with E-state index in [0.29, 0.717) is 0 Å². The Bertz CT molecular complexity index is 1110. The Kier molecular flexibility index (Phi) is 4.14. The van der Waals surface area contributed by atoms with E-state index in [4.69, 9.17) is 0 Å². The summed E-state index contributed by atoms with van der Waals surface area (Å²) in [6, 6.07) is 20.8. The first-order valence-electron chi connectivity index (χ1n) is 8.64. The molecule has 0 atom stereocenters. The predicted molar refractivity (Wildman–Crippen MR) is 102 cm³/mol. The van der Waals surface area contributed by atoms with Crippen molar-refractivity contribution >= 4 is 21.5 Å². The highest BCUT2D eigenvalue weighted by Gasteiger charge is 2.12. The van der Waals surface area contributed by atoms with Crippen LogP contribution in [-0.2, 0) is 6.54 Å². The van der Waals surface area contributed by atoms with E-state index >= 15 is 0 Å². The first-order chi connectivity index (χ1) is 12.4. The van der Waals surface area contributed by atoms with E-state index in [1.54, 1.807) is 0 Å². The Balaban J connectivity index is 1.91. The molecular weight excluding hydrogens is 304 g/mol. The van der Waals surface area contributed by atoms with Crippen LogP contribution in [0.2, 0.25) is 0 Å². The number of fused-ring (bicyclic) bond motifs is 2. The number of hydrogen-bond donors (Lipinski definition) is 0. The van der Waals surface area contributed by atoms with Crippen LogP contribution in [0.1, 0.15) is 24.7 Å². The van der Waals surface area contributed by atoms with Crippen LogP contribution >= 0.6 is 0 Å². The second kappa shape index (κ2) is 6.75. The smallest absolute Gasteiger partial charge is 0.247 e. The van der Waals surface area contributed by atoms with Gasteiger partial charge >= 0.3 is 0 Å². The molecule has 0 spiro atoms. The summed E-state index contributed by atoms with van der Waals surface area (Å²) in [6.07, 6.45) is 5.03. The molecule has 0 amide bonds. The van der Waals surface area contributed by atoms with Crippen LogP contribution in [-0.4, -0.2) is 4.98 Å². The van der Waals surface area contributed by atoms with Crippen molar-refractivity contribution in [1.82, 2.24) is 4.98 Å².